The quantitative estimate of drug-likeness (QED) is 0.794. The lowest BCUT2D eigenvalue weighted by Gasteiger charge is -2.21. The number of carbonyl (C=O) groups is 1. The highest BCUT2D eigenvalue weighted by Gasteiger charge is 2.14. The van der Waals surface area contributed by atoms with Crippen LogP contribution in [0.2, 0.25) is 0 Å². The summed E-state index contributed by atoms with van der Waals surface area (Å²) in [7, 11) is 0. The molecule has 4 nitrogen and oxygen atoms in total. The molecule has 2 rings (SSSR count). The van der Waals surface area contributed by atoms with Gasteiger partial charge in [-0.25, -0.2) is 0 Å². The molecular formula is C17H22N2O2. The van der Waals surface area contributed by atoms with Gasteiger partial charge in [-0.2, -0.15) is 5.10 Å². The van der Waals surface area contributed by atoms with Crippen LogP contribution in [0.4, 0.5) is 0 Å². The van der Waals surface area contributed by atoms with Gasteiger partial charge in [0.2, 0.25) is 0 Å². The van der Waals surface area contributed by atoms with E-state index < -0.39 is 0 Å². The number of ether oxygens (including phenoxy) is 1. The molecule has 2 aromatic rings. The average molecular weight is 286 g/mol. The fraction of sp³-hybridized carbons (Fsp3) is 0.412. The van der Waals surface area contributed by atoms with Gasteiger partial charge in [-0.15, -0.1) is 0 Å². The van der Waals surface area contributed by atoms with Crippen molar-refractivity contribution < 1.29 is 9.53 Å². The third-order valence-electron chi connectivity index (χ3n) is 2.97. The van der Waals surface area contributed by atoms with Crippen molar-refractivity contribution in [2.45, 2.75) is 46.3 Å². The number of hydrogen-bond donors (Lipinski definition) is 0. The molecule has 0 saturated heterocycles. The first kappa shape index (κ1) is 15.3. The van der Waals surface area contributed by atoms with E-state index in [9.17, 15) is 4.79 Å². The SMILES string of the molecule is CC(C)n1cc(C=O)c(-c2ccc(OC(C)(C)C)cc2)n1. The van der Waals surface area contributed by atoms with Crippen LogP contribution in [0.15, 0.2) is 30.5 Å². The lowest BCUT2D eigenvalue weighted by atomic mass is 10.1. The Hall–Kier alpha value is -2.10. The summed E-state index contributed by atoms with van der Waals surface area (Å²) in [6, 6.07) is 7.90. The van der Waals surface area contributed by atoms with Gasteiger partial charge in [-0.3, -0.25) is 9.48 Å². The lowest BCUT2D eigenvalue weighted by Crippen LogP contribution is -2.22. The molecule has 1 aromatic carbocycles. The van der Waals surface area contributed by atoms with Crippen LogP contribution < -0.4 is 4.74 Å². The normalized spacial score (nSPS) is 11.7. The van der Waals surface area contributed by atoms with E-state index in [1.54, 1.807) is 10.9 Å². The largest absolute Gasteiger partial charge is 0.488 e. The van der Waals surface area contributed by atoms with E-state index in [1.165, 1.54) is 0 Å². The van der Waals surface area contributed by atoms with Crippen molar-refractivity contribution >= 4 is 6.29 Å². The van der Waals surface area contributed by atoms with E-state index in [1.807, 2.05) is 58.9 Å². The number of aromatic nitrogens is 2. The zero-order chi connectivity index (χ0) is 15.6. The summed E-state index contributed by atoms with van der Waals surface area (Å²) in [5, 5.41) is 4.50. The Balaban J connectivity index is 2.32. The van der Waals surface area contributed by atoms with Gasteiger partial charge in [-0.05, 0) is 58.9 Å². The highest BCUT2D eigenvalue weighted by molar-refractivity contribution is 5.85. The first-order chi connectivity index (χ1) is 9.80. The number of benzene rings is 1. The number of nitrogens with zero attached hydrogens (tertiary/aromatic N) is 2. The van der Waals surface area contributed by atoms with E-state index in [2.05, 4.69) is 5.10 Å². The Labute approximate surface area is 125 Å². The molecule has 1 aromatic heterocycles. The summed E-state index contributed by atoms with van der Waals surface area (Å²) in [6.45, 7) is 10.1. The Kier molecular flexibility index (Phi) is 4.16. The maximum absolute atomic E-state index is 11.2. The zero-order valence-electron chi connectivity index (χ0n) is 13.3. The Morgan fingerprint density at radius 2 is 1.81 bits per heavy atom. The second-order valence-electron chi connectivity index (χ2n) is 6.36. The molecule has 0 unspecified atom stereocenters. The van der Waals surface area contributed by atoms with Gasteiger partial charge in [0.05, 0.1) is 5.56 Å². The molecule has 0 aliphatic heterocycles. The molecule has 0 N–H and O–H groups in total. The number of carbonyl (C=O) groups excluding carboxylic acids is 1. The molecule has 0 fully saturated rings. The van der Waals surface area contributed by atoms with Gasteiger partial charge in [0.25, 0.3) is 0 Å². The van der Waals surface area contributed by atoms with Crippen LogP contribution >= 0.6 is 0 Å². The van der Waals surface area contributed by atoms with Crippen molar-refractivity contribution in [3.63, 3.8) is 0 Å². The molecule has 0 aliphatic rings. The van der Waals surface area contributed by atoms with E-state index in [0.29, 0.717) is 11.3 Å². The third-order valence-corrected chi connectivity index (χ3v) is 2.97. The highest BCUT2D eigenvalue weighted by Crippen LogP contribution is 2.26. The van der Waals surface area contributed by atoms with Crippen molar-refractivity contribution in [3.8, 4) is 17.0 Å². The first-order valence-electron chi connectivity index (χ1n) is 7.14. The second-order valence-corrected chi connectivity index (χ2v) is 6.36. The van der Waals surface area contributed by atoms with Gasteiger partial charge in [0.15, 0.2) is 6.29 Å². The van der Waals surface area contributed by atoms with E-state index in [0.717, 1.165) is 17.6 Å². The molecule has 0 bridgehead atoms. The number of aldehydes is 1. The maximum Gasteiger partial charge on any atom is 0.153 e. The van der Waals surface area contributed by atoms with Crippen LogP contribution in [0, 0.1) is 0 Å². The lowest BCUT2D eigenvalue weighted by molar-refractivity contribution is 0.112. The van der Waals surface area contributed by atoms with Gasteiger partial charge >= 0.3 is 0 Å². The van der Waals surface area contributed by atoms with Gasteiger partial charge < -0.3 is 4.74 Å². The summed E-state index contributed by atoms with van der Waals surface area (Å²) >= 11 is 0. The molecule has 0 aliphatic carbocycles. The van der Waals surface area contributed by atoms with E-state index >= 15 is 0 Å². The smallest absolute Gasteiger partial charge is 0.153 e. The van der Waals surface area contributed by atoms with Crippen LogP contribution in [0.1, 0.15) is 51.0 Å². The minimum Gasteiger partial charge on any atom is -0.488 e. The Bertz CT molecular complexity index is 619. The minimum atomic E-state index is -0.227. The van der Waals surface area contributed by atoms with Crippen molar-refractivity contribution in [1.29, 1.82) is 0 Å². The zero-order valence-corrected chi connectivity index (χ0v) is 13.3. The molecule has 0 amide bonds. The average Bonchev–Trinajstić information content (AvgIpc) is 2.82. The number of rotatable bonds is 4. The predicted octanol–water partition coefficient (Wildman–Crippen LogP) is 4.12. The first-order valence-corrected chi connectivity index (χ1v) is 7.14. The fourth-order valence-electron chi connectivity index (χ4n) is 2.02. The second kappa shape index (κ2) is 5.72. The third kappa shape index (κ3) is 3.72. The summed E-state index contributed by atoms with van der Waals surface area (Å²) < 4.78 is 7.60. The van der Waals surface area contributed by atoms with Gasteiger partial charge in [-0.1, -0.05) is 0 Å². The fourth-order valence-corrected chi connectivity index (χ4v) is 2.02. The topological polar surface area (TPSA) is 44.1 Å². The van der Waals surface area contributed by atoms with Crippen LogP contribution in [0.5, 0.6) is 5.75 Å². The summed E-state index contributed by atoms with van der Waals surface area (Å²) in [4.78, 5) is 11.2. The molecule has 0 atom stereocenters. The van der Waals surface area contributed by atoms with Crippen LogP contribution in [0.25, 0.3) is 11.3 Å². The highest BCUT2D eigenvalue weighted by atomic mass is 16.5. The number of hydrogen-bond acceptors (Lipinski definition) is 3. The maximum atomic E-state index is 11.2. The summed E-state index contributed by atoms with van der Waals surface area (Å²) in [5.74, 6) is 0.808. The van der Waals surface area contributed by atoms with Crippen LogP contribution in [0.3, 0.4) is 0 Å². The van der Waals surface area contributed by atoms with Gasteiger partial charge in [0, 0.05) is 17.8 Å². The minimum absolute atomic E-state index is 0.223. The summed E-state index contributed by atoms with van der Waals surface area (Å²) in [5.41, 5.74) is 2.00. The molecule has 112 valence electrons. The molecule has 21 heavy (non-hydrogen) atoms. The van der Waals surface area contributed by atoms with Crippen LogP contribution in [-0.4, -0.2) is 21.7 Å². The standard InChI is InChI=1S/C17H22N2O2/c1-12(2)19-10-14(11-20)16(18-19)13-6-8-15(9-7-13)21-17(3,4)5/h6-12H,1-5H3. The van der Waals surface area contributed by atoms with E-state index in [-0.39, 0.29) is 11.6 Å². The molecule has 4 heteroatoms. The monoisotopic (exact) mass is 286 g/mol. The predicted molar refractivity (Wildman–Crippen MR) is 83.8 cm³/mol. The van der Waals surface area contributed by atoms with Crippen LogP contribution in [-0.2, 0) is 0 Å². The Morgan fingerprint density at radius 3 is 2.29 bits per heavy atom. The van der Waals surface area contributed by atoms with Crippen molar-refractivity contribution in [1.82, 2.24) is 9.78 Å². The molecular weight excluding hydrogens is 264 g/mol. The molecule has 0 saturated carbocycles. The van der Waals surface area contributed by atoms with E-state index in [4.69, 9.17) is 4.74 Å². The van der Waals surface area contributed by atoms with Crippen molar-refractivity contribution in [3.05, 3.63) is 36.0 Å². The Morgan fingerprint density at radius 1 is 1.19 bits per heavy atom. The van der Waals surface area contributed by atoms with Crippen molar-refractivity contribution in [2.75, 3.05) is 0 Å². The van der Waals surface area contributed by atoms with Crippen molar-refractivity contribution in [2.24, 2.45) is 0 Å². The molecule has 0 radical (unpaired) electrons. The summed E-state index contributed by atoms with van der Waals surface area (Å²) in [6.07, 6.45) is 2.63. The molecule has 1 heterocycles. The molecule has 0 spiro atoms. The van der Waals surface area contributed by atoms with Gasteiger partial charge in [0.1, 0.15) is 17.0 Å².